The zero-order valence-corrected chi connectivity index (χ0v) is 43.7. The van der Waals surface area contributed by atoms with Crippen LogP contribution in [0.15, 0.2) is 124 Å². The van der Waals surface area contributed by atoms with Crippen molar-refractivity contribution in [1.29, 1.82) is 0 Å². The number of benzene rings is 2. The molecule has 0 saturated carbocycles. The highest BCUT2D eigenvalue weighted by molar-refractivity contribution is 9.28. The molecular weight excluding hydrogens is 1080 g/mol. The molecule has 0 fully saturated rings. The molecule has 2 aromatic rings. The first-order valence-corrected chi connectivity index (χ1v) is 25.9. The van der Waals surface area contributed by atoms with Gasteiger partial charge in [-0.15, -0.1) is 0 Å². The molecule has 3 amide bonds. The second-order valence-electron chi connectivity index (χ2n) is 15.0. The highest BCUT2D eigenvalue weighted by Crippen LogP contribution is 2.40. The lowest BCUT2D eigenvalue weighted by molar-refractivity contribution is -0.124. The smallest absolute Gasteiger partial charge is 0.270 e. The lowest BCUT2D eigenvalue weighted by Crippen LogP contribution is -2.27. The summed E-state index contributed by atoms with van der Waals surface area (Å²) in [5.41, 5.74) is 7.88. The Balaban J connectivity index is 0.000000241. The number of carbonyl (C=O) groups excluding carboxylic acids is 3. The summed E-state index contributed by atoms with van der Waals surface area (Å²) in [6.45, 7) is 9.57. The molecule has 0 bridgehead atoms. The van der Waals surface area contributed by atoms with E-state index in [0.29, 0.717) is 4.48 Å². The quantitative estimate of drug-likeness (QED) is 0.124. The minimum Gasteiger partial charge on any atom is -0.307 e. The van der Waals surface area contributed by atoms with Crippen LogP contribution in [-0.2, 0) is 14.4 Å². The highest BCUT2D eigenvalue weighted by Gasteiger charge is 2.34. The molecule has 0 unspecified atom stereocenters. The lowest BCUT2D eigenvalue weighted by atomic mass is 10.1. The molecule has 0 aliphatic carbocycles. The van der Waals surface area contributed by atoms with Gasteiger partial charge in [0.2, 0.25) is 0 Å². The van der Waals surface area contributed by atoms with Gasteiger partial charge in [0.1, 0.15) is 0 Å². The van der Waals surface area contributed by atoms with E-state index in [0.717, 1.165) is 106 Å². The average Bonchev–Trinajstić information content (AvgIpc) is 3.85. The molecule has 0 spiro atoms. The monoisotopic (exact) mass is 1140 g/mol. The topological polar surface area (TPSA) is 60.9 Å². The average molecular weight is 1140 g/mol. The van der Waals surface area contributed by atoms with E-state index in [1.807, 2.05) is 81.6 Å². The third-order valence-electron chi connectivity index (χ3n) is 10.5. The Morgan fingerprint density at radius 2 is 1.03 bits per heavy atom. The maximum absolute atomic E-state index is 12.5. The summed E-state index contributed by atoms with van der Waals surface area (Å²) in [5.74, 6) is 0.251. The Bertz CT molecular complexity index is 1880. The van der Waals surface area contributed by atoms with Crippen LogP contribution in [0.4, 0.5) is 11.4 Å². The highest BCUT2D eigenvalue weighted by atomic mass is 79.9. The van der Waals surface area contributed by atoms with Crippen LogP contribution in [0, 0.1) is 0 Å². The molecule has 3 aliphatic rings. The van der Waals surface area contributed by atoms with Crippen molar-refractivity contribution < 1.29 is 14.4 Å². The predicted octanol–water partition coefficient (Wildman–Crippen LogP) is 16.5. The van der Waals surface area contributed by atoms with Crippen molar-refractivity contribution in [3.05, 3.63) is 124 Å². The van der Waals surface area contributed by atoms with Gasteiger partial charge in [-0.25, -0.2) is 0 Å². The fourth-order valence-corrected chi connectivity index (χ4v) is 9.37. The van der Waals surface area contributed by atoms with Gasteiger partial charge >= 0.3 is 0 Å². The van der Waals surface area contributed by atoms with Crippen LogP contribution in [0.25, 0.3) is 0 Å². The predicted molar refractivity (Wildman–Crippen MR) is 272 cm³/mol. The molecule has 2 aromatic carbocycles. The second kappa shape index (κ2) is 29.1. The maximum Gasteiger partial charge on any atom is 0.270 e. The fraction of sp³-hybridized carbons (Fsp3) is 0.449. The Hall–Kier alpha value is -2.31. The molecule has 0 N–H and O–H groups in total. The zero-order valence-electron chi connectivity index (χ0n) is 35.8. The van der Waals surface area contributed by atoms with Crippen molar-refractivity contribution >= 4 is 109 Å². The number of allylic oxidation sites excluding steroid dienone is 3. The van der Waals surface area contributed by atoms with Crippen LogP contribution >= 0.6 is 79.6 Å². The largest absolute Gasteiger partial charge is 0.307 e. The van der Waals surface area contributed by atoms with Crippen LogP contribution in [0.1, 0.15) is 137 Å². The van der Waals surface area contributed by atoms with Gasteiger partial charge in [0, 0.05) is 39.5 Å². The van der Waals surface area contributed by atoms with Gasteiger partial charge in [-0.1, -0.05) is 160 Å². The number of hydrogen-bond donors (Lipinski definition) is 0. The van der Waals surface area contributed by atoms with Gasteiger partial charge in [-0.2, -0.15) is 0 Å². The van der Waals surface area contributed by atoms with Gasteiger partial charge < -0.3 is 4.90 Å². The van der Waals surface area contributed by atoms with Crippen LogP contribution in [0.5, 0.6) is 0 Å². The minimum absolute atomic E-state index is 0.0115. The van der Waals surface area contributed by atoms with E-state index < -0.39 is 0 Å². The second-order valence-corrected chi connectivity index (χ2v) is 19.4. The summed E-state index contributed by atoms with van der Waals surface area (Å²) >= 11 is 17.2. The van der Waals surface area contributed by atoms with E-state index in [-0.39, 0.29) is 17.7 Å². The molecular formula is C49H62Br5N3O3. The van der Waals surface area contributed by atoms with Crippen LogP contribution in [0.3, 0.4) is 0 Å². The third-order valence-corrected chi connectivity index (χ3v) is 13.0. The molecule has 11 heteroatoms. The molecule has 60 heavy (non-hydrogen) atoms. The third kappa shape index (κ3) is 15.5. The number of para-hydroxylation sites is 2. The van der Waals surface area contributed by atoms with Gasteiger partial charge in [-0.3, -0.25) is 24.2 Å². The molecule has 0 atom stereocenters. The van der Waals surface area contributed by atoms with Crippen LogP contribution in [-0.4, -0.2) is 29.2 Å². The Kier molecular flexibility index (Phi) is 25.3. The van der Waals surface area contributed by atoms with Gasteiger partial charge in [0.25, 0.3) is 17.7 Å². The number of carbonyl (C=O) groups is 3. The normalized spacial score (nSPS) is 16.4. The minimum atomic E-state index is 0.0115. The summed E-state index contributed by atoms with van der Waals surface area (Å²) in [7, 11) is 0. The van der Waals surface area contributed by atoms with Gasteiger partial charge in [0.05, 0.1) is 25.0 Å². The van der Waals surface area contributed by atoms with Crippen molar-refractivity contribution in [2.45, 2.75) is 137 Å². The SMILES string of the molecule is CCCCCCC1=C(Br)C(=O)N(c2ccccc2)/C1=C\Br.CCCCCCC1=CC(=C(Br)Br)N(CCCC)C1=O.CCCCCCC1=CC(=O)N(c2ccccc2)/C1=C\Br. The number of hydrogen-bond acceptors (Lipinski definition) is 3. The van der Waals surface area contributed by atoms with E-state index in [4.69, 9.17) is 0 Å². The first kappa shape index (κ1) is 52.0. The summed E-state index contributed by atoms with van der Waals surface area (Å²) in [6.07, 6.45) is 23.2. The number of nitrogens with zero attached hydrogens (tertiary/aromatic N) is 3. The number of amides is 3. The van der Waals surface area contributed by atoms with Crippen molar-refractivity contribution in [2.24, 2.45) is 0 Å². The van der Waals surface area contributed by atoms with Gasteiger partial charge in [0.15, 0.2) is 0 Å². The Morgan fingerprint density at radius 1 is 0.550 bits per heavy atom. The van der Waals surface area contributed by atoms with Crippen molar-refractivity contribution in [1.82, 2.24) is 4.90 Å². The van der Waals surface area contributed by atoms with Crippen molar-refractivity contribution in [3.8, 4) is 0 Å². The van der Waals surface area contributed by atoms with E-state index in [9.17, 15) is 14.4 Å². The van der Waals surface area contributed by atoms with E-state index in [1.165, 1.54) is 57.8 Å². The maximum atomic E-state index is 12.5. The van der Waals surface area contributed by atoms with Crippen LogP contribution in [0.2, 0.25) is 0 Å². The lowest BCUT2D eigenvalue weighted by Gasteiger charge is -2.19. The molecule has 326 valence electrons. The molecule has 5 rings (SSSR count). The molecule has 3 aliphatic heterocycles. The molecule has 0 radical (unpaired) electrons. The molecule has 0 saturated heterocycles. The summed E-state index contributed by atoms with van der Waals surface area (Å²) < 4.78 is 1.56. The molecule has 6 nitrogen and oxygen atoms in total. The Labute approximate surface area is 402 Å². The van der Waals surface area contributed by atoms with E-state index >= 15 is 0 Å². The summed E-state index contributed by atoms with van der Waals surface area (Å²) in [5, 5.41) is 0. The first-order chi connectivity index (χ1) is 29.1. The summed E-state index contributed by atoms with van der Waals surface area (Å²) in [6, 6.07) is 19.5. The fourth-order valence-electron chi connectivity index (χ4n) is 7.16. The first-order valence-electron chi connectivity index (χ1n) is 21.7. The number of rotatable bonds is 20. The van der Waals surface area contributed by atoms with Gasteiger partial charge in [-0.05, 0) is 134 Å². The van der Waals surface area contributed by atoms with Crippen LogP contribution < -0.4 is 9.80 Å². The standard InChI is InChI=1S/C17H19Br2NO.C17H20BrNO.C15H23Br2NO/c1-2-3-4-8-11-14-15(12-18)20(17(21)16(14)19)13-9-6-5-7-10-13;1-2-3-4-6-9-14-12-17(20)19(16(14)13-18)15-10-7-5-8-11-15;1-3-5-7-8-9-12-11-13(14(16)17)18(15(12)19)10-6-4-2/h5-7,9-10,12H,2-4,8,11H2,1H3;5,7-8,10-13H,2-4,6,9H2,1H3;11H,3-10H2,1-2H3/b15-12-;16-13-;. The Morgan fingerprint density at radius 3 is 1.52 bits per heavy atom. The van der Waals surface area contributed by atoms with Crippen molar-refractivity contribution in [2.75, 3.05) is 16.3 Å². The number of anilines is 2. The van der Waals surface area contributed by atoms with Crippen molar-refractivity contribution in [3.63, 3.8) is 0 Å². The van der Waals surface area contributed by atoms with E-state index in [2.05, 4.69) is 107 Å². The van der Waals surface area contributed by atoms with E-state index in [1.54, 1.807) is 15.9 Å². The summed E-state index contributed by atoms with van der Waals surface area (Å²) in [4.78, 5) is 46.3. The number of halogens is 5. The number of unbranched alkanes of at least 4 members (excludes halogenated alkanes) is 10. The molecule has 0 aromatic heterocycles. The molecule has 3 heterocycles. The zero-order chi connectivity index (χ0) is 43.9.